The molecule has 1 fully saturated rings. The zero-order chi connectivity index (χ0) is 14.7. The van der Waals surface area contributed by atoms with Gasteiger partial charge in [-0.25, -0.2) is 0 Å². The molecule has 1 N–H and O–H groups in total. The van der Waals surface area contributed by atoms with Crippen LogP contribution in [0.15, 0.2) is 28.8 Å². The van der Waals surface area contributed by atoms with E-state index in [1.165, 1.54) is 18.6 Å². The second-order valence-electron chi connectivity index (χ2n) is 5.12. The van der Waals surface area contributed by atoms with E-state index in [0.29, 0.717) is 17.3 Å². The lowest BCUT2D eigenvalue weighted by atomic mass is 10.1. The van der Waals surface area contributed by atoms with Crippen LogP contribution in [0.2, 0.25) is 0 Å². The van der Waals surface area contributed by atoms with Gasteiger partial charge in [0.1, 0.15) is 0 Å². The van der Waals surface area contributed by atoms with Crippen LogP contribution in [-0.4, -0.2) is 21.6 Å². The molecule has 2 heterocycles. The number of non-ortho nitro benzene ring substituents is 1. The van der Waals surface area contributed by atoms with Gasteiger partial charge in [0.25, 0.3) is 11.6 Å². The van der Waals surface area contributed by atoms with Crippen molar-refractivity contribution in [2.75, 3.05) is 6.54 Å². The van der Waals surface area contributed by atoms with Crippen LogP contribution in [-0.2, 0) is 0 Å². The first-order valence-corrected chi connectivity index (χ1v) is 7.06. The standard InChI is InChI=1S/C14H16N4O3/c19-18(20)11-6-4-5-10(9-11)14-16-13(17-21-14)12-7-2-1-3-8-15-12/h4-6,9,12,15H,1-3,7-8H2. The van der Waals surface area contributed by atoms with Crippen molar-refractivity contribution >= 4 is 5.69 Å². The highest BCUT2D eigenvalue weighted by Crippen LogP contribution is 2.25. The molecule has 0 spiro atoms. The van der Waals surface area contributed by atoms with Crippen molar-refractivity contribution < 1.29 is 9.45 Å². The lowest BCUT2D eigenvalue weighted by Gasteiger charge is -2.09. The third kappa shape index (κ3) is 3.08. The quantitative estimate of drug-likeness (QED) is 0.689. The molecule has 3 rings (SSSR count). The highest BCUT2D eigenvalue weighted by molar-refractivity contribution is 5.57. The molecule has 0 saturated carbocycles. The molecule has 1 aliphatic rings. The van der Waals surface area contributed by atoms with Crippen molar-refractivity contribution in [2.24, 2.45) is 0 Å². The molecule has 1 aromatic carbocycles. The fraction of sp³-hybridized carbons (Fsp3) is 0.429. The van der Waals surface area contributed by atoms with Gasteiger partial charge in [-0.05, 0) is 25.5 Å². The number of benzene rings is 1. The molecule has 1 unspecified atom stereocenters. The molecule has 2 aromatic rings. The molecule has 110 valence electrons. The molecule has 0 aliphatic carbocycles. The Kier molecular flexibility index (Phi) is 3.92. The number of hydrogen-bond acceptors (Lipinski definition) is 6. The lowest BCUT2D eigenvalue weighted by Crippen LogP contribution is -2.21. The van der Waals surface area contributed by atoms with Crippen LogP contribution >= 0.6 is 0 Å². The molecule has 1 atom stereocenters. The Labute approximate surface area is 121 Å². The van der Waals surface area contributed by atoms with Gasteiger partial charge in [-0.3, -0.25) is 10.1 Å². The van der Waals surface area contributed by atoms with Gasteiger partial charge in [-0.1, -0.05) is 24.1 Å². The van der Waals surface area contributed by atoms with Crippen molar-refractivity contribution in [3.8, 4) is 11.5 Å². The zero-order valence-electron chi connectivity index (χ0n) is 11.5. The molecular weight excluding hydrogens is 272 g/mol. The fourth-order valence-electron chi connectivity index (χ4n) is 2.50. The Morgan fingerprint density at radius 1 is 1.33 bits per heavy atom. The smallest absolute Gasteiger partial charge is 0.270 e. The second kappa shape index (κ2) is 6.01. The number of nitrogens with one attached hydrogen (secondary N) is 1. The van der Waals surface area contributed by atoms with Crippen LogP contribution in [0.4, 0.5) is 5.69 Å². The molecule has 7 heteroatoms. The molecule has 0 amide bonds. The average Bonchev–Trinajstić information content (AvgIpc) is 2.83. The molecule has 1 aromatic heterocycles. The highest BCUT2D eigenvalue weighted by Gasteiger charge is 2.20. The maximum absolute atomic E-state index is 10.8. The summed E-state index contributed by atoms with van der Waals surface area (Å²) in [6.07, 6.45) is 4.48. The molecule has 1 saturated heterocycles. The van der Waals surface area contributed by atoms with Gasteiger partial charge in [0.2, 0.25) is 0 Å². The molecule has 1 aliphatic heterocycles. The van der Waals surface area contributed by atoms with Gasteiger partial charge in [0.15, 0.2) is 5.82 Å². The lowest BCUT2D eigenvalue weighted by molar-refractivity contribution is -0.384. The van der Waals surface area contributed by atoms with Crippen LogP contribution < -0.4 is 5.32 Å². The van der Waals surface area contributed by atoms with Crippen molar-refractivity contribution in [3.63, 3.8) is 0 Å². The molecular formula is C14H16N4O3. The van der Waals surface area contributed by atoms with Crippen LogP contribution in [0.3, 0.4) is 0 Å². The minimum atomic E-state index is -0.437. The number of rotatable bonds is 3. The van der Waals surface area contributed by atoms with Crippen LogP contribution in [0.25, 0.3) is 11.5 Å². The van der Waals surface area contributed by atoms with Gasteiger partial charge in [0, 0.05) is 17.7 Å². The van der Waals surface area contributed by atoms with Gasteiger partial charge < -0.3 is 9.84 Å². The van der Waals surface area contributed by atoms with E-state index in [0.717, 1.165) is 25.8 Å². The second-order valence-corrected chi connectivity index (χ2v) is 5.12. The number of nitro benzene ring substituents is 1. The first-order valence-electron chi connectivity index (χ1n) is 7.06. The SMILES string of the molecule is O=[N+]([O-])c1cccc(-c2nc(C3CCCCCN3)no2)c1. The van der Waals surface area contributed by atoms with Crippen molar-refractivity contribution in [2.45, 2.75) is 31.7 Å². The Balaban J connectivity index is 1.84. The minimum Gasteiger partial charge on any atom is -0.334 e. The van der Waals surface area contributed by atoms with E-state index in [9.17, 15) is 10.1 Å². The van der Waals surface area contributed by atoms with Crippen LogP contribution in [0, 0.1) is 10.1 Å². The number of nitrogens with zero attached hydrogens (tertiary/aromatic N) is 3. The van der Waals surface area contributed by atoms with Crippen molar-refractivity contribution in [3.05, 3.63) is 40.2 Å². The zero-order valence-corrected chi connectivity index (χ0v) is 11.5. The van der Waals surface area contributed by atoms with Gasteiger partial charge in [0.05, 0.1) is 11.0 Å². The molecule has 0 radical (unpaired) electrons. The summed E-state index contributed by atoms with van der Waals surface area (Å²) in [5.41, 5.74) is 0.580. The summed E-state index contributed by atoms with van der Waals surface area (Å²) in [5, 5.41) is 18.2. The predicted molar refractivity (Wildman–Crippen MR) is 75.6 cm³/mol. The van der Waals surface area contributed by atoms with E-state index in [1.54, 1.807) is 12.1 Å². The highest BCUT2D eigenvalue weighted by atomic mass is 16.6. The normalized spacial score (nSPS) is 19.1. The van der Waals surface area contributed by atoms with E-state index in [2.05, 4.69) is 15.5 Å². The monoisotopic (exact) mass is 288 g/mol. The van der Waals surface area contributed by atoms with E-state index >= 15 is 0 Å². The maximum Gasteiger partial charge on any atom is 0.270 e. The maximum atomic E-state index is 10.8. The van der Waals surface area contributed by atoms with Crippen LogP contribution in [0.5, 0.6) is 0 Å². The van der Waals surface area contributed by atoms with Gasteiger partial charge in [-0.2, -0.15) is 4.98 Å². The minimum absolute atomic E-state index is 0.0137. The third-order valence-electron chi connectivity index (χ3n) is 3.62. The largest absolute Gasteiger partial charge is 0.334 e. The summed E-state index contributed by atoms with van der Waals surface area (Å²) in [6.45, 7) is 0.950. The Morgan fingerprint density at radius 2 is 2.24 bits per heavy atom. The molecule has 21 heavy (non-hydrogen) atoms. The first-order chi connectivity index (χ1) is 10.2. The molecule has 0 bridgehead atoms. The topological polar surface area (TPSA) is 94.1 Å². The summed E-state index contributed by atoms with van der Waals surface area (Å²) < 4.78 is 5.26. The summed E-state index contributed by atoms with van der Waals surface area (Å²) in [5.74, 6) is 0.943. The van der Waals surface area contributed by atoms with E-state index < -0.39 is 4.92 Å². The fourth-order valence-corrected chi connectivity index (χ4v) is 2.50. The Morgan fingerprint density at radius 3 is 3.10 bits per heavy atom. The number of nitro groups is 1. The van der Waals surface area contributed by atoms with E-state index in [1.807, 2.05) is 0 Å². The number of aromatic nitrogens is 2. The van der Waals surface area contributed by atoms with E-state index in [-0.39, 0.29) is 11.7 Å². The summed E-state index contributed by atoms with van der Waals surface area (Å²) >= 11 is 0. The first kappa shape index (κ1) is 13.7. The van der Waals surface area contributed by atoms with Crippen LogP contribution in [0.1, 0.15) is 37.5 Å². The Bertz CT molecular complexity index is 633. The molecule has 7 nitrogen and oxygen atoms in total. The number of hydrogen-bond donors (Lipinski definition) is 1. The third-order valence-corrected chi connectivity index (χ3v) is 3.62. The summed E-state index contributed by atoms with van der Waals surface area (Å²) in [7, 11) is 0. The van der Waals surface area contributed by atoms with Gasteiger partial charge in [-0.15, -0.1) is 0 Å². The Hall–Kier alpha value is -2.28. The van der Waals surface area contributed by atoms with Gasteiger partial charge >= 0.3 is 0 Å². The van der Waals surface area contributed by atoms with E-state index in [4.69, 9.17) is 4.52 Å². The summed E-state index contributed by atoms with van der Waals surface area (Å²) in [4.78, 5) is 14.8. The summed E-state index contributed by atoms with van der Waals surface area (Å²) in [6, 6.07) is 6.32. The van der Waals surface area contributed by atoms with Crippen molar-refractivity contribution in [1.82, 2.24) is 15.5 Å². The average molecular weight is 288 g/mol. The predicted octanol–water partition coefficient (Wildman–Crippen LogP) is 2.85. The van der Waals surface area contributed by atoms with Crippen molar-refractivity contribution in [1.29, 1.82) is 0 Å².